The summed E-state index contributed by atoms with van der Waals surface area (Å²) in [6.45, 7) is 8.62. The summed E-state index contributed by atoms with van der Waals surface area (Å²) in [5.74, 6) is 3.24. The molecular formula is C29H32N6O2S. The van der Waals surface area contributed by atoms with Crippen molar-refractivity contribution >= 4 is 17.0 Å². The molecule has 9 heteroatoms. The molecular weight excluding hydrogens is 496 g/mol. The molecule has 0 unspecified atom stereocenters. The number of benzene rings is 1. The van der Waals surface area contributed by atoms with Gasteiger partial charge in [0.1, 0.15) is 28.9 Å². The smallest absolute Gasteiger partial charge is 0.196 e. The van der Waals surface area contributed by atoms with Crippen LogP contribution in [0.2, 0.25) is 0 Å². The van der Waals surface area contributed by atoms with Crippen molar-refractivity contribution in [2.24, 2.45) is 10.4 Å². The number of rotatable bonds is 5. The fourth-order valence-corrected chi connectivity index (χ4v) is 7.50. The number of aromatic nitrogens is 4. The number of nitrogens with zero attached hydrogens (tertiary/aromatic N) is 5. The van der Waals surface area contributed by atoms with Gasteiger partial charge in [0, 0.05) is 16.0 Å². The van der Waals surface area contributed by atoms with E-state index >= 15 is 0 Å². The lowest BCUT2D eigenvalue weighted by atomic mass is 9.62. The van der Waals surface area contributed by atoms with Crippen molar-refractivity contribution in [1.82, 2.24) is 25.1 Å². The van der Waals surface area contributed by atoms with Crippen LogP contribution in [-0.4, -0.2) is 44.7 Å². The molecule has 38 heavy (non-hydrogen) atoms. The third-order valence-corrected chi connectivity index (χ3v) is 9.70. The molecule has 2 aliphatic heterocycles. The van der Waals surface area contributed by atoms with Crippen LogP contribution in [0.4, 0.5) is 0 Å². The molecule has 0 amide bonds. The minimum absolute atomic E-state index is 0.267. The molecule has 3 aliphatic rings. The van der Waals surface area contributed by atoms with E-state index in [0.717, 1.165) is 52.3 Å². The number of fused-ring (bicyclic) bond motifs is 3. The predicted molar refractivity (Wildman–Crippen MR) is 147 cm³/mol. The predicted octanol–water partition coefficient (Wildman–Crippen LogP) is 5.29. The van der Waals surface area contributed by atoms with Crippen LogP contribution in [0.15, 0.2) is 46.1 Å². The maximum Gasteiger partial charge on any atom is 0.196 e. The topological polar surface area (TPSA) is 90.4 Å². The molecule has 1 N–H and O–H groups in total. The Balaban J connectivity index is 1.22. The summed E-state index contributed by atoms with van der Waals surface area (Å²) in [4.78, 5) is 10.9. The molecule has 1 spiro atoms. The molecule has 1 aliphatic carbocycles. The summed E-state index contributed by atoms with van der Waals surface area (Å²) in [6, 6.07) is 8.21. The van der Waals surface area contributed by atoms with Crippen LogP contribution >= 0.6 is 11.3 Å². The lowest BCUT2D eigenvalue weighted by molar-refractivity contribution is -0.0347. The first-order valence-electron chi connectivity index (χ1n) is 13.5. The highest BCUT2D eigenvalue weighted by atomic mass is 32.1. The summed E-state index contributed by atoms with van der Waals surface area (Å²) >= 11 is 1.77. The molecule has 5 heterocycles. The second-order valence-electron chi connectivity index (χ2n) is 11.0. The number of hydrogen-bond donors (Lipinski definition) is 1. The van der Waals surface area contributed by atoms with Crippen molar-refractivity contribution in [3.63, 3.8) is 0 Å². The van der Waals surface area contributed by atoms with E-state index in [1.807, 2.05) is 6.92 Å². The number of piperidine rings is 1. The number of ether oxygens (including phenoxy) is 1. The van der Waals surface area contributed by atoms with Gasteiger partial charge in [0.15, 0.2) is 11.7 Å². The van der Waals surface area contributed by atoms with Crippen molar-refractivity contribution in [2.45, 2.75) is 65.0 Å². The van der Waals surface area contributed by atoms with Gasteiger partial charge in [-0.2, -0.15) is 0 Å². The van der Waals surface area contributed by atoms with Gasteiger partial charge in [-0.15, -0.1) is 21.5 Å². The Morgan fingerprint density at radius 1 is 1.11 bits per heavy atom. The van der Waals surface area contributed by atoms with Gasteiger partial charge in [0.2, 0.25) is 0 Å². The lowest BCUT2D eigenvalue weighted by Gasteiger charge is -2.49. The Hall–Kier alpha value is -3.30. The Labute approximate surface area is 226 Å². The number of aliphatic imine (C=N–C) groups is 1. The van der Waals surface area contributed by atoms with E-state index in [-0.39, 0.29) is 6.04 Å². The normalized spacial score (nSPS) is 20.4. The standard InChI is InChI=1S/C29H32N6O2S/c1-17-18(2)38-28-25(17)26(32-23(14-24-31-12-13-36-24)27-34-33-19(3)35(27)28)20-4-6-21(7-5-20)37-22-15-29(16-22)8-10-30-11-9-29/h4-7,12-13,22-23,30H,8-11,14-16H2,1-3H3/t23-/m0/s1. The maximum absolute atomic E-state index is 6.39. The molecule has 8 nitrogen and oxygen atoms in total. The minimum Gasteiger partial charge on any atom is -0.490 e. The van der Waals surface area contributed by atoms with Gasteiger partial charge >= 0.3 is 0 Å². The SMILES string of the molecule is Cc1sc2c(c1C)C(c1ccc(OC3CC4(CCNCC4)C3)cc1)=N[C@@H](Cc1ncco1)c1nnc(C)n1-2. The number of aryl methyl sites for hydroxylation is 2. The summed E-state index contributed by atoms with van der Waals surface area (Å²) < 4.78 is 14.1. The molecule has 1 saturated heterocycles. The van der Waals surface area contributed by atoms with Crippen LogP contribution in [0, 0.1) is 26.2 Å². The van der Waals surface area contributed by atoms with Gasteiger partial charge in [-0.05, 0) is 94.8 Å². The highest BCUT2D eigenvalue weighted by Crippen LogP contribution is 2.49. The van der Waals surface area contributed by atoms with E-state index < -0.39 is 0 Å². The van der Waals surface area contributed by atoms with E-state index in [1.54, 1.807) is 23.8 Å². The third-order valence-electron chi connectivity index (χ3n) is 8.51. The second kappa shape index (κ2) is 9.17. The minimum atomic E-state index is -0.267. The van der Waals surface area contributed by atoms with Crippen LogP contribution < -0.4 is 10.1 Å². The van der Waals surface area contributed by atoms with Crippen LogP contribution in [0.5, 0.6) is 5.75 Å². The fraction of sp³-hybridized carbons (Fsp3) is 0.448. The van der Waals surface area contributed by atoms with E-state index in [0.29, 0.717) is 23.8 Å². The summed E-state index contributed by atoms with van der Waals surface area (Å²) in [6.07, 6.45) is 8.99. The van der Waals surface area contributed by atoms with Crippen LogP contribution in [0.3, 0.4) is 0 Å². The zero-order valence-corrected chi connectivity index (χ0v) is 22.8. The van der Waals surface area contributed by atoms with Crippen LogP contribution in [0.25, 0.3) is 5.00 Å². The largest absolute Gasteiger partial charge is 0.490 e. The molecule has 196 valence electrons. The quantitative estimate of drug-likeness (QED) is 0.379. The van der Waals surface area contributed by atoms with Crippen molar-refractivity contribution in [2.75, 3.05) is 13.1 Å². The van der Waals surface area contributed by atoms with Gasteiger partial charge in [-0.3, -0.25) is 9.56 Å². The summed E-state index contributed by atoms with van der Waals surface area (Å²) in [5, 5.41) is 13.6. The summed E-state index contributed by atoms with van der Waals surface area (Å²) in [7, 11) is 0. The lowest BCUT2D eigenvalue weighted by Crippen LogP contribution is -2.49. The third kappa shape index (κ3) is 3.99. The Kier molecular flexibility index (Phi) is 5.74. The Bertz CT molecular complexity index is 1490. The van der Waals surface area contributed by atoms with Gasteiger partial charge in [0.05, 0.1) is 24.4 Å². The maximum atomic E-state index is 6.39. The molecule has 7 rings (SSSR count). The Morgan fingerprint density at radius 3 is 2.63 bits per heavy atom. The summed E-state index contributed by atoms with van der Waals surface area (Å²) in [5.41, 5.74) is 4.92. The Morgan fingerprint density at radius 2 is 1.89 bits per heavy atom. The highest BCUT2D eigenvalue weighted by Gasteiger charge is 2.45. The highest BCUT2D eigenvalue weighted by molar-refractivity contribution is 7.15. The van der Waals surface area contributed by atoms with Crippen molar-refractivity contribution in [1.29, 1.82) is 0 Å². The van der Waals surface area contributed by atoms with Gasteiger partial charge in [-0.1, -0.05) is 0 Å². The second-order valence-corrected chi connectivity index (χ2v) is 12.2. The van der Waals surface area contributed by atoms with E-state index in [2.05, 4.69) is 63.2 Å². The zero-order valence-electron chi connectivity index (χ0n) is 22.0. The number of hydrogen-bond acceptors (Lipinski definition) is 8. The molecule has 3 aromatic heterocycles. The van der Waals surface area contributed by atoms with Gasteiger partial charge in [-0.25, -0.2) is 4.98 Å². The number of thiophene rings is 1. The van der Waals surface area contributed by atoms with E-state index in [9.17, 15) is 0 Å². The average molecular weight is 529 g/mol. The first-order valence-corrected chi connectivity index (χ1v) is 14.3. The molecule has 1 atom stereocenters. The van der Waals surface area contributed by atoms with Gasteiger partial charge in [0.25, 0.3) is 0 Å². The molecule has 2 fully saturated rings. The first-order chi connectivity index (χ1) is 18.5. The first kappa shape index (κ1) is 23.8. The number of nitrogens with one attached hydrogen (secondary N) is 1. The van der Waals surface area contributed by atoms with Crippen molar-refractivity contribution < 1.29 is 9.15 Å². The molecule has 1 saturated carbocycles. The van der Waals surface area contributed by atoms with Gasteiger partial charge < -0.3 is 14.5 Å². The fourth-order valence-electron chi connectivity index (χ4n) is 6.28. The zero-order chi connectivity index (χ0) is 25.9. The van der Waals surface area contributed by atoms with Crippen LogP contribution in [-0.2, 0) is 6.42 Å². The van der Waals surface area contributed by atoms with E-state index in [1.165, 1.54) is 36.1 Å². The average Bonchev–Trinajstić information content (AvgIpc) is 3.60. The monoisotopic (exact) mass is 528 g/mol. The van der Waals surface area contributed by atoms with Crippen molar-refractivity contribution in [3.05, 3.63) is 75.8 Å². The molecule has 1 aromatic carbocycles. The van der Waals surface area contributed by atoms with Crippen LogP contribution in [0.1, 0.15) is 70.8 Å². The van der Waals surface area contributed by atoms with Crippen molar-refractivity contribution in [3.8, 4) is 10.8 Å². The number of oxazole rings is 1. The molecule has 4 aromatic rings. The molecule has 0 radical (unpaired) electrons. The van der Waals surface area contributed by atoms with E-state index in [4.69, 9.17) is 14.1 Å². The molecule has 0 bridgehead atoms.